The van der Waals surface area contributed by atoms with E-state index in [1.165, 1.54) is 31.4 Å². The summed E-state index contributed by atoms with van der Waals surface area (Å²) in [5.41, 5.74) is 0.115. The van der Waals surface area contributed by atoms with Crippen LogP contribution in [0.25, 0.3) is 0 Å². The van der Waals surface area contributed by atoms with Gasteiger partial charge >= 0.3 is 5.97 Å². The Morgan fingerprint density at radius 3 is 2.50 bits per heavy atom. The van der Waals surface area contributed by atoms with Gasteiger partial charge in [0.25, 0.3) is 10.0 Å². The van der Waals surface area contributed by atoms with Gasteiger partial charge in [0.2, 0.25) is 0 Å². The third kappa shape index (κ3) is 3.89. The second-order valence-corrected chi connectivity index (χ2v) is 8.08. The summed E-state index contributed by atoms with van der Waals surface area (Å²) >= 11 is 9.17. The second-order valence-electron chi connectivity index (χ2n) is 5.17. The van der Waals surface area contributed by atoms with E-state index in [0.717, 1.165) is 7.11 Å². The zero-order chi connectivity index (χ0) is 19.6. The molecule has 0 fully saturated rings. The summed E-state index contributed by atoms with van der Waals surface area (Å²) in [6, 6.07) is 5.45. The van der Waals surface area contributed by atoms with Crippen molar-refractivity contribution >= 4 is 49.2 Å². The fraction of sp³-hybridized carbons (Fsp3) is 0.188. The van der Waals surface area contributed by atoms with Crippen LogP contribution < -0.4 is 9.46 Å². The van der Waals surface area contributed by atoms with Crippen LogP contribution in [0.3, 0.4) is 0 Å². The SMILES string of the molecule is COC(=O)c1ccc(C)c(NS(=O)(=O)c2cc(Cl)c(OC)cc2Br)c1O. The maximum atomic E-state index is 12.8. The monoisotopic (exact) mass is 463 g/mol. The molecule has 2 rings (SSSR count). The highest BCUT2D eigenvalue weighted by molar-refractivity contribution is 9.10. The molecule has 0 heterocycles. The predicted octanol–water partition coefficient (Wildman–Crippen LogP) is 3.71. The van der Waals surface area contributed by atoms with Crippen LogP contribution in [-0.2, 0) is 14.8 Å². The molecule has 10 heteroatoms. The van der Waals surface area contributed by atoms with Crippen molar-refractivity contribution in [1.29, 1.82) is 0 Å². The molecule has 0 spiro atoms. The average molecular weight is 465 g/mol. The van der Waals surface area contributed by atoms with E-state index in [1.54, 1.807) is 6.92 Å². The van der Waals surface area contributed by atoms with E-state index in [9.17, 15) is 18.3 Å². The molecule has 0 amide bonds. The number of sulfonamides is 1. The van der Waals surface area contributed by atoms with Gasteiger partial charge in [-0.05, 0) is 46.6 Å². The number of hydrogen-bond donors (Lipinski definition) is 2. The normalized spacial score (nSPS) is 11.1. The summed E-state index contributed by atoms with van der Waals surface area (Å²) in [4.78, 5) is 11.5. The van der Waals surface area contributed by atoms with Gasteiger partial charge in [-0.15, -0.1) is 0 Å². The lowest BCUT2D eigenvalue weighted by Gasteiger charge is -2.16. The maximum Gasteiger partial charge on any atom is 0.341 e. The Labute approximate surface area is 164 Å². The van der Waals surface area contributed by atoms with E-state index >= 15 is 0 Å². The summed E-state index contributed by atoms with van der Waals surface area (Å²) in [6.07, 6.45) is 0. The van der Waals surface area contributed by atoms with E-state index in [4.69, 9.17) is 16.3 Å². The van der Waals surface area contributed by atoms with Gasteiger partial charge in [-0.25, -0.2) is 13.2 Å². The third-order valence-corrected chi connectivity index (χ3v) is 6.13. The van der Waals surface area contributed by atoms with Crippen LogP contribution >= 0.6 is 27.5 Å². The van der Waals surface area contributed by atoms with Crippen molar-refractivity contribution in [2.45, 2.75) is 11.8 Å². The van der Waals surface area contributed by atoms with Crippen molar-refractivity contribution in [2.75, 3.05) is 18.9 Å². The van der Waals surface area contributed by atoms with Gasteiger partial charge in [-0.1, -0.05) is 17.7 Å². The number of rotatable bonds is 5. The Morgan fingerprint density at radius 1 is 1.27 bits per heavy atom. The summed E-state index contributed by atoms with van der Waals surface area (Å²) in [7, 11) is -1.58. The number of halogens is 2. The van der Waals surface area contributed by atoms with Crippen molar-refractivity contribution in [3.05, 3.63) is 44.9 Å². The molecule has 0 aliphatic carbocycles. The number of phenolic OH excluding ortho intramolecular Hbond substituents is 1. The third-order valence-electron chi connectivity index (χ3n) is 3.52. The van der Waals surface area contributed by atoms with Crippen LogP contribution in [0.5, 0.6) is 11.5 Å². The number of carbonyl (C=O) groups is 1. The lowest BCUT2D eigenvalue weighted by atomic mass is 10.1. The number of esters is 1. The van der Waals surface area contributed by atoms with E-state index < -0.39 is 21.7 Å². The lowest BCUT2D eigenvalue weighted by molar-refractivity contribution is 0.0597. The number of phenols is 1. The van der Waals surface area contributed by atoms with Crippen LogP contribution in [0.4, 0.5) is 5.69 Å². The summed E-state index contributed by atoms with van der Waals surface area (Å²) < 4.78 is 37.6. The van der Waals surface area contributed by atoms with E-state index in [-0.39, 0.29) is 25.6 Å². The smallest absolute Gasteiger partial charge is 0.341 e. The first-order chi connectivity index (χ1) is 12.1. The fourth-order valence-corrected chi connectivity index (χ4v) is 4.65. The van der Waals surface area contributed by atoms with Gasteiger partial charge in [0, 0.05) is 4.47 Å². The number of methoxy groups -OCH3 is 2. The standard InChI is InChI=1S/C16H15BrClNO6S/c1-8-4-5-9(16(21)25-3)15(20)14(8)19-26(22,23)13-7-11(18)12(24-2)6-10(13)17/h4-7,19-20H,1-3H3. The van der Waals surface area contributed by atoms with Gasteiger partial charge < -0.3 is 14.6 Å². The van der Waals surface area contributed by atoms with Crippen LogP contribution in [0.2, 0.25) is 5.02 Å². The number of anilines is 1. The predicted molar refractivity (Wildman–Crippen MR) is 101 cm³/mol. The Bertz CT molecular complexity index is 977. The van der Waals surface area contributed by atoms with Gasteiger partial charge in [-0.3, -0.25) is 4.72 Å². The minimum Gasteiger partial charge on any atom is -0.505 e. The molecule has 7 nitrogen and oxygen atoms in total. The number of nitrogens with one attached hydrogen (secondary N) is 1. The lowest BCUT2D eigenvalue weighted by Crippen LogP contribution is -2.15. The van der Waals surface area contributed by atoms with E-state index in [1.807, 2.05) is 0 Å². The zero-order valence-corrected chi connectivity index (χ0v) is 17.1. The van der Waals surface area contributed by atoms with Gasteiger partial charge in [-0.2, -0.15) is 0 Å². The first-order valence-electron chi connectivity index (χ1n) is 7.09. The van der Waals surface area contributed by atoms with Crippen molar-refractivity contribution in [2.24, 2.45) is 0 Å². The number of ether oxygens (including phenoxy) is 2. The molecule has 0 atom stereocenters. The molecular weight excluding hydrogens is 450 g/mol. The molecular formula is C16H15BrClNO6S. The summed E-state index contributed by atoms with van der Waals surface area (Å²) in [5.74, 6) is -1.03. The molecule has 26 heavy (non-hydrogen) atoms. The fourth-order valence-electron chi connectivity index (χ4n) is 2.16. The van der Waals surface area contributed by atoms with Crippen LogP contribution in [0, 0.1) is 6.92 Å². The largest absolute Gasteiger partial charge is 0.505 e. The number of hydrogen-bond acceptors (Lipinski definition) is 6. The van der Waals surface area contributed by atoms with E-state index in [2.05, 4.69) is 25.4 Å². The van der Waals surface area contributed by atoms with Crippen molar-refractivity contribution in [1.82, 2.24) is 0 Å². The Kier molecular flexibility index (Phi) is 6.05. The van der Waals surface area contributed by atoms with Crippen LogP contribution in [0.15, 0.2) is 33.6 Å². The Hall–Kier alpha value is -1.97. The van der Waals surface area contributed by atoms with Crippen LogP contribution in [-0.4, -0.2) is 33.7 Å². The number of carbonyl (C=O) groups excluding carboxylic acids is 1. The molecule has 2 N–H and O–H groups in total. The molecule has 2 aromatic carbocycles. The van der Waals surface area contributed by atoms with E-state index in [0.29, 0.717) is 11.3 Å². The molecule has 140 valence electrons. The highest BCUT2D eigenvalue weighted by Crippen LogP contribution is 2.37. The van der Waals surface area contributed by atoms with Crippen molar-refractivity contribution in [3.8, 4) is 11.5 Å². The molecule has 0 aliphatic heterocycles. The first kappa shape index (κ1) is 20.3. The Balaban J connectivity index is 2.55. The number of aryl methyl sites for hydroxylation is 1. The minimum atomic E-state index is -4.13. The van der Waals surface area contributed by atoms with Gasteiger partial charge in [0.05, 0.1) is 24.9 Å². The quantitative estimate of drug-likeness (QED) is 0.517. The maximum absolute atomic E-state index is 12.8. The minimum absolute atomic E-state index is 0.0975. The summed E-state index contributed by atoms with van der Waals surface area (Å²) in [5, 5.41) is 10.4. The Morgan fingerprint density at radius 2 is 1.92 bits per heavy atom. The van der Waals surface area contributed by atoms with Gasteiger partial charge in [0.15, 0.2) is 5.75 Å². The number of benzene rings is 2. The highest BCUT2D eigenvalue weighted by Gasteiger charge is 2.24. The molecule has 0 aliphatic rings. The molecule has 0 saturated carbocycles. The molecule has 0 saturated heterocycles. The van der Waals surface area contributed by atoms with Gasteiger partial charge in [0.1, 0.15) is 16.2 Å². The average Bonchev–Trinajstić information content (AvgIpc) is 2.59. The van der Waals surface area contributed by atoms with Crippen molar-refractivity contribution < 1.29 is 27.8 Å². The summed E-state index contributed by atoms with van der Waals surface area (Å²) in [6.45, 7) is 1.58. The number of aromatic hydroxyl groups is 1. The molecule has 0 aromatic heterocycles. The topological polar surface area (TPSA) is 102 Å². The second kappa shape index (κ2) is 7.73. The molecule has 0 bridgehead atoms. The molecule has 2 aromatic rings. The molecule has 0 unspecified atom stereocenters. The zero-order valence-electron chi connectivity index (χ0n) is 14.0. The first-order valence-corrected chi connectivity index (χ1v) is 9.74. The van der Waals surface area contributed by atoms with Crippen LogP contribution in [0.1, 0.15) is 15.9 Å². The van der Waals surface area contributed by atoms with Crippen molar-refractivity contribution in [3.63, 3.8) is 0 Å². The molecule has 0 radical (unpaired) electrons. The highest BCUT2D eigenvalue weighted by atomic mass is 79.9.